The highest BCUT2D eigenvalue weighted by atomic mass is 16.3. The molecule has 0 bridgehead atoms. The maximum Gasteiger partial charge on any atom is 0.140 e. The van der Waals surface area contributed by atoms with Crippen molar-refractivity contribution in [1.82, 2.24) is 4.98 Å². The van der Waals surface area contributed by atoms with Crippen molar-refractivity contribution in [3.05, 3.63) is 168 Å². The summed E-state index contributed by atoms with van der Waals surface area (Å²) >= 11 is 0. The number of benzene rings is 6. The highest BCUT2D eigenvalue weighted by Gasteiger charge is 2.41. The van der Waals surface area contributed by atoms with Crippen LogP contribution in [0.2, 0.25) is 0 Å². The van der Waals surface area contributed by atoms with Crippen LogP contribution in [-0.2, 0) is 10.8 Å². The van der Waals surface area contributed by atoms with E-state index in [1.54, 1.807) is 0 Å². The van der Waals surface area contributed by atoms with Crippen LogP contribution in [0, 0.1) is 0 Å². The van der Waals surface area contributed by atoms with Gasteiger partial charge in [-0.1, -0.05) is 111 Å². The van der Waals surface area contributed by atoms with E-state index >= 15 is 0 Å². The Morgan fingerprint density at radius 3 is 2.00 bits per heavy atom. The van der Waals surface area contributed by atoms with Gasteiger partial charge in [0.15, 0.2) is 0 Å². The molecule has 0 spiro atoms. The molecule has 0 fully saturated rings. The summed E-state index contributed by atoms with van der Waals surface area (Å²) in [7, 11) is 0. The fourth-order valence-corrected chi connectivity index (χ4v) is 8.70. The lowest BCUT2D eigenvalue weighted by Gasteiger charge is -2.29. The van der Waals surface area contributed by atoms with E-state index < -0.39 is 0 Å². The number of rotatable bonds is 4. The van der Waals surface area contributed by atoms with Crippen molar-refractivity contribution in [1.29, 1.82) is 0 Å². The Bertz CT molecular complexity index is 2640. The average molecular weight is 645 g/mol. The van der Waals surface area contributed by atoms with Crippen LogP contribution in [0.25, 0.3) is 55.3 Å². The molecule has 0 radical (unpaired) electrons. The van der Waals surface area contributed by atoms with Crippen LogP contribution in [0.3, 0.4) is 0 Å². The fourth-order valence-electron chi connectivity index (χ4n) is 8.70. The third-order valence-corrected chi connectivity index (χ3v) is 11.2. The average Bonchev–Trinajstić information content (AvgIpc) is 3.72. The number of furan rings is 1. The van der Waals surface area contributed by atoms with Crippen LogP contribution in [0.5, 0.6) is 0 Å². The van der Waals surface area contributed by atoms with E-state index in [1.807, 2.05) is 6.07 Å². The third-order valence-electron chi connectivity index (χ3n) is 11.2. The van der Waals surface area contributed by atoms with Crippen molar-refractivity contribution in [2.75, 3.05) is 4.90 Å². The van der Waals surface area contributed by atoms with Gasteiger partial charge in [-0.05, 0) is 101 Å². The van der Waals surface area contributed by atoms with Crippen LogP contribution in [0.1, 0.15) is 50.1 Å². The molecule has 0 saturated heterocycles. The molecular weight excluding hydrogens is 609 g/mol. The van der Waals surface area contributed by atoms with Crippen molar-refractivity contribution < 1.29 is 4.42 Å². The topological polar surface area (TPSA) is 29.3 Å². The summed E-state index contributed by atoms with van der Waals surface area (Å²) in [6.07, 6.45) is 0. The van der Waals surface area contributed by atoms with Gasteiger partial charge in [0.05, 0.1) is 5.69 Å². The first-order valence-electron chi connectivity index (χ1n) is 17.5. The molecule has 0 saturated carbocycles. The Balaban J connectivity index is 1.14. The summed E-state index contributed by atoms with van der Waals surface area (Å²) in [5.74, 6) is 0.895. The number of nitrogens with zero attached hydrogens (tertiary/aromatic N) is 2. The van der Waals surface area contributed by atoms with Crippen LogP contribution in [-0.4, -0.2) is 4.98 Å². The predicted octanol–water partition coefficient (Wildman–Crippen LogP) is 12.7. The third kappa shape index (κ3) is 4.01. The Labute approximate surface area is 292 Å². The van der Waals surface area contributed by atoms with Gasteiger partial charge in [-0.15, -0.1) is 0 Å². The van der Waals surface area contributed by atoms with E-state index in [0.29, 0.717) is 0 Å². The summed E-state index contributed by atoms with van der Waals surface area (Å²) in [4.78, 5) is 7.89. The number of anilines is 3. The van der Waals surface area contributed by atoms with Crippen molar-refractivity contribution >= 4 is 39.1 Å². The lowest BCUT2D eigenvalue weighted by atomic mass is 9.82. The zero-order chi connectivity index (χ0) is 33.8. The van der Waals surface area contributed by atoms with Crippen molar-refractivity contribution in [2.24, 2.45) is 0 Å². The van der Waals surface area contributed by atoms with Crippen molar-refractivity contribution in [3.8, 4) is 33.4 Å². The van der Waals surface area contributed by atoms with Crippen LogP contribution in [0.4, 0.5) is 17.2 Å². The molecule has 3 nitrogen and oxygen atoms in total. The quantitative estimate of drug-likeness (QED) is 0.191. The summed E-state index contributed by atoms with van der Waals surface area (Å²) in [5, 5.41) is 2.31. The molecule has 0 atom stereocenters. The Hall–Kier alpha value is -5.93. The van der Waals surface area contributed by atoms with Gasteiger partial charge in [0.2, 0.25) is 0 Å². The molecule has 8 aromatic rings. The zero-order valence-electron chi connectivity index (χ0n) is 28.7. The largest absolute Gasteiger partial charge is 0.456 e. The van der Waals surface area contributed by atoms with E-state index in [9.17, 15) is 0 Å². The van der Waals surface area contributed by atoms with Gasteiger partial charge in [-0.25, -0.2) is 4.98 Å². The second-order valence-electron chi connectivity index (χ2n) is 14.8. The minimum absolute atomic E-state index is 0.113. The van der Waals surface area contributed by atoms with E-state index in [1.165, 1.54) is 50.1 Å². The lowest BCUT2D eigenvalue weighted by molar-refractivity contribution is 0.608. The second-order valence-corrected chi connectivity index (χ2v) is 14.8. The molecule has 0 amide bonds. The summed E-state index contributed by atoms with van der Waals surface area (Å²) in [6.45, 7) is 9.25. The smallest absolute Gasteiger partial charge is 0.140 e. The van der Waals surface area contributed by atoms with E-state index in [0.717, 1.165) is 44.8 Å². The number of aromatic nitrogens is 1. The van der Waals surface area contributed by atoms with Crippen LogP contribution >= 0.6 is 0 Å². The molecule has 50 heavy (non-hydrogen) atoms. The van der Waals surface area contributed by atoms with Gasteiger partial charge in [0.1, 0.15) is 17.0 Å². The van der Waals surface area contributed by atoms with Gasteiger partial charge >= 0.3 is 0 Å². The molecule has 3 heteroatoms. The highest BCUT2D eigenvalue weighted by Crippen LogP contribution is 2.54. The van der Waals surface area contributed by atoms with Gasteiger partial charge in [0.25, 0.3) is 0 Å². The molecule has 10 rings (SSSR count). The predicted molar refractivity (Wildman–Crippen MR) is 207 cm³/mol. The molecule has 2 aromatic heterocycles. The van der Waals surface area contributed by atoms with E-state index in [4.69, 9.17) is 9.40 Å². The molecule has 0 N–H and O–H groups in total. The molecule has 2 aliphatic rings. The molecule has 2 heterocycles. The monoisotopic (exact) mass is 644 g/mol. The molecule has 0 aliphatic heterocycles. The minimum Gasteiger partial charge on any atom is -0.456 e. The summed E-state index contributed by atoms with van der Waals surface area (Å²) in [6, 6.07) is 52.5. The minimum atomic E-state index is -0.363. The molecule has 2 aliphatic carbocycles. The molecule has 0 unspecified atom stereocenters. The highest BCUT2D eigenvalue weighted by molar-refractivity contribution is 6.09. The standard InChI is InChI=1S/C47H36N2O/c1-46(2)39-16-10-8-14-33(39)34-23-22-32(28-40(34)46)49(31-20-18-30(19-21-31)29-12-6-5-7-13-29)42-27-26-38-36-24-25-37-35-15-9-11-17-41(35)50-44(37)43(36)47(3,4)45(38)48-42/h5-28H,1-4H3. The second kappa shape index (κ2) is 10.3. The fraction of sp³-hybridized carbons (Fsp3) is 0.128. The molecule has 240 valence electrons. The first-order chi connectivity index (χ1) is 24.3. The van der Waals surface area contributed by atoms with Crippen molar-refractivity contribution in [3.63, 3.8) is 0 Å². The first-order valence-corrected chi connectivity index (χ1v) is 17.5. The van der Waals surface area contributed by atoms with Gasteiger partial charge < -0.3 is 4.42 Å². The maximum atomic E-state index is 6.58. The first kappa shape index (κ1) is 29.0. The van der Waals surface area contributed by atoms with Gasteiger partial charge in [-0.3, -0.25) is 4.90 Å². The molecule has 6 aromatic carbocycles. The van der Waals surface area contributed by atoms with Gasteiger partial charge in [-0.2, -0.15) is 0 Å². The summed E-state index contributed by atoms with van der Waals surface area (Å²) < 4.78 is 6.58. The lowest BCUT2D eigenvalue weighted by Crippen LogP contribution is -2.20. The molecular formula is C47H36N2O. The Morgan fingerprint density at radius 1 is 0.500 bits per heavy atom. The Kier molecular flexibility index (Phi) is 5.97. The van der Waals surface area contributed by atoms with Crippen LogP contribution < -0.4 is 4.90 Å². The van der Waals surface area contributed by atoms with E-state index in [-0.39, 0.29) is 10.8 Å². The normalized spacial score (nSPS) is 14.7. The van der Waals surface area contributed by atoms with Crippen LogP contribution in [0.15, 0.2) is 150 Å². The number of hydrogen-bond donors (Lipinski definition) is 0. The van der Waals surface area contributed by atoms with Gasteiger partial charge in [0, 0.05) is 44.1 Å². The number of pyridine rings is 1. The maximum absolute atomic E-state index is 6.58. The number of para-hydroxylation sites is 1. The Morgan fingerprint density at radius 2 is 1.16 bits per heavy atom. The number of hydrogen-bond acceptors (Lipinski definition) is 3. The zero-order valence-corrected chi connectivity index (χ0v) is 28.7. The number of fused-ring (bicyclic) bond motifs is 10. The van der Waals surface area contributed by atoms with E-state index in [2.05, 4.69) is 172 Å². The van der Waals surface area contributed by atoms with Crippen molar-refractivity contribution in [2.45, 2.75) is 38.5 Å². The summed E-state index contributed by atoms with van der Waals surface area (Å²) in [5.41, 5.74) is 15.9. The SMILES string of the molecule is CC1(C)c2ccccc2-c2ccc(N(c3ccc(-c4ccccc4)cc3)c3ccc4c(n3)C(C)(C)c3c-4ccc4c3oc3ccccc34)cc21.